The van der Waals surface area contributed by atoms with Gasteiger partial charge in [0.25, 0.3) is 0 Å². The van der Waals surface area contributed by atoms with Gasteiger partial charge in [0.15, 0.2) is 0 Å². The van der Waals surface area contributed by atoms with Crippen LogP contribution in [-0.2, 0) is 10.0 Å². The third-order valence-corrected chi connectivity index (χ3v) is 4.71. The van der Waals surface area contributed by atoms with Gasteiger partial charge in [0.2, 0.25) is 10.0 Å². The fourth-order valence-corrected chi connectivity index (χ4v) is 3.30. The van der Waals surface area contributed by atoms with Crippen molar-refractivity contribution in [3.05, 3.63) is 18.2 Å². The molecule has 0 aromatic heterocycles. The molecule has 112 valence electrons. The summed E-state index contributed by atoms with van der Waals surface area (Å²) < 4.78 is 23.2. The Morgan fingerprint density at radius 1 is 1.40 bits per heavy atom. The normalized spacial score (nSPS) is 20.8. The average Bonchev–Trinajstić information content (AvgIpc) is 2.38. The lowest BCUT2D eigenvalue weighted by Crippen LogP contribution is -2.40. The number of primary sulfonamides is 1. The zero-order valence-corrected chi connectivity index (χ0v) is 12.5. The summed E-state index contributed by atoms with van der Waals surface area (Å²) in [6.45, 7) is 1.78. The fraction of sp³-hybridized carbons (Fsp3) is 0.538. The molecular formula is C13H22N4O2S. The Morgan fingerprint density at radius 3 is 2.80 bits per heavy atom. The molecule has 20 heavy (non-hydrogen) atoms. The molecule has 1 aromatic carbocycles. The minimum Gasteiger partial charge on any atom is -0.399 e. The van der Waals surface area contributed by atoms with E-state index in [9.17, 15) is 8.42 Å². The van der Waals surface area contributed by atoms with Gasteiger partial charge in [-0.15, -0.1) is 0 Å². The lowest BCUT2D eigenvalue weighted by molar-refractivity contribution is 0.194. The maximum absolute atomic E-state index is 11.6. The number of nitrogens with two attached hydrogens (primary N) is 2. The molecule has 0 bridgehead atoms. The molecule has 0 radical (unpaired) electrons. The Hall–Kier alpha value is -1.31. The molecule has 0 amide bonds. The number of hydrogen-bond donors (Lipinski definition) is 3. The summed E-state index contributed by atoms with van der Waals surface area (Å²) in [7, 11) is -1.69. The highest BCUT2D eigenvalue weighted by Crippen LogP contribution is 2.24. The molecule has 6 nitrogen and oxygen atoms in total. The van der Waals surface area contributed by atoms with Gasteiger partial charge in [0, 0.05) is 18.3 Å². The highest BCUT2D eigenvalue weighted by atomic mass is 32.2. The summed E-state index contributed by atoms with van der Waals surface area (Å²) in [4.78, 5) is 2.35. The molecule has 2 rings (SSSR count). The van der Waals surface area contributed by atoms with E-state index in [-0.39, 0.29) is 4.90 Å². The van der Waals surface area contributed by atoms with Gasteiger partial charge < -0.3 is 16.0 Å². The maximum Gasteiger partial charge on any atom is 0.240 e. The number of hydrogen-bond acceptors (Lipinski definition) is 5. The van der Waals surface area contributed by atoms with Crippen LogP contribution in [0, 0.1) is 0 Å². The van der Waals surface area contributed by atoms with E-state index >= 15 is 0 Å². The predicted molar refractivity (Wildman–Crippen MR) is 81.0 cm³/mol. The van der Waals surface area contributed by atoms with Gasteiger partial charge in [-0.3, -0.25) is 0 Å². The molecule has 1 heterocycles. The van der Waals surface area contributed by atoms with Crippen molar-refractivity contribution in [2.24, 2.45) is 5.14 Å². The van der Waals surface area contributed by atoms with Crippen LogP contribution in [0.5, 0.6) is 0 Å². The van der Waals surface area contributed by atoms with Gasteiger partial charge in [-0.2, -0.15) is 0 Å². The van der Waals surface area contributed by atoms with Crippen molar-refractivity contribution >= 4 is 21.4 Å². The number of likely N-dealkylation sites (N-methyl/N-ethyl adjacent to an activating group) is 1. The third kappa shape index (κ3) is 3.62. The number of sulfonamides is 1. The van der Waals surface area contributed by atoms with Gasteiger partial charge >= 0.3 is 0 Å². The smallest absolute Gasteiger partial charge is 0.240 e. The molecule has 5 N–H and O–H groups in total. The second-order valence-electron chi connectivity index (χ2n) is 5.31. The van der Waals surface area contributed by atoms with Crippen LogP contribution in [0.4, 0.5) is 11.4 Å². The summed E-state index contributed by atoms with van der Waals surface area (Å²) >= 11 is 0. The van der Waals surface area contributed by atoms with Crippen LogP contribution in [0.25, 0.3) is 0 Å². The lowest BCUT2D eigenvalue weighted by Gasteiger charge is -2.32. The highest BCUT2D eigenvalue weighted by molar-refractivity contribution is 7.89. The molecule has 1 aliphatic heterocycles. The average molecular weight is 298 g/mol. The van der Waals surface area contributed by atoms with Crippen molar-refractivity contribution in [2.75, 3.05) is 31.2 Å². The van der Waals surface area contributed by atoms with Crippen molar-refractivity contribution < 1.29 is 8.42 Å². The highest BCUT2D eigenvalue weighted by Gasteiger charge is 2.20. The molecule has 0 spiro atoms. The zero-order chi connectivity index (χ0) is 14.8. The van der Waals surface area contributed by atoms with Gasteiger partial charge in [-0.1, -0.05) is 6.42 Å². The summed E-state index contributed by atoms with van der Waals surface area (Å²) in [6.07, 6.45) is 3.54. The van der Waals surface area contributed by atoms with Crippen molar-refractivity contribution in [3.8, 4) is 0 Å². The molecular weight excluding hydrogens is 276 g/mol. The predicted octanol–water partition coefficient (Wildman–Crippen LogP) is 0.812. The largest absolute Gasteiger partial charge is 0.399 e. The monoisotopic (exact) mass is 298 g/mol. The van der Waals surface area contributed by atoms with Crippen LogP contribution in [0.3, 0.4) is 0 Å². The quantitative estimate of drug-likeness (QED) is 0.714. The molecule has 0 saturated carbocycles. The van der Waals surface area contributed by atoms with Crippen LogP contribution in [0.15, 0.2) is 23.1 Å². The molecule has 1 unspecified atom stereocenters. The summed E-state index contributed by atoms with van der Waals surface area (Å²) in [5.74, 6) is 0. The number of rotatable bonds is 4. The Balaban J connectivity index is 2.13. The van der Waals surface area contributed by atoms with Crippen molar-refractivity contribution in [1.29, 1.82) is 0 Å². The van der Waals surface area contributed by atoms with Gasteiger partial charge in [-0.05, 0) is 44.6 Å². The molecule has 1 atom stereocenters. The second-order valence-corrected chi connectivity index (χ2v) is 6.84. The van der Waals surface area contributed by atoms with E-state index in [4.69, 9.17) is 10.9 Å². The van der Waals surface area contributed by atoms with Crippen LogP contribution >= 0.6 is 0 Å². The number of nitrogens with one attached hydrogen (secondary N) is 1. The Kier molecular flexibility index (Phi) is 4.52. The van der Waals surface area contributed by atoms with Crippen molar-refractivity contribution in [2.45, 2.75) is 30.2 Å². The zero-order valence-electron chi connectivity index (χ0n) is 11.7. The van der Waals surface area contributed by atoms with E-state index in [1.165, 1.54) is 18.9 Å². The summed E-state index contributed by atoms with van der Waals surface area (Å²) in [5.41, 5.74) is 6.53. The minimum absolute atomic E-state index is 0.0518. The Morgan fingerprint density at radius 2 is 2.15 bits per heavy atom. The standard InChI is InChI=1S/C13H22N4O2S/c1-17-7-3-2-4-11(17)9-16-12-6-5-10(14)8-13(12)20(15,18)19/h5-6,8,11,16H,2-4,7,9,14H2,1H3,(H2,15,18,19). The van der Waals surface area contributed by atoms with E-state index in [0.717, 1.165) is 13.0 Å². The Labute approximate surface area is 120 Å². The molecule has 0 aliphatic carbocycles. The first-order chi connectivity index (χ1) is 9.38. The number of benzene rings is 1. The first kappa shape index (κ1) is 15.1. The fourth-order valence-electron chi connectivity index (χ4n) is 2.55. The van der Waals surface area contributed by atoms with Gasteiger partial charge in [0.1, 0.15) is 4.90 Å². The number of anilines is 2. The second kappa shape index (κ2) is 5.99. The maximum atomic E-state index is 11.6. The molecule has 1 aliphatic rings. The van der Waals surface area contributed by atoms with E-state index in [1.54, 1.807) is 12.1 Å². The van der Waals surface area contributed by atoms with Crippen molar-refractivity contribution in [3.63, 3.8) is 0 Å². The van der Waals surface area contributed by atoms with E-state index < -0.39 is 10.0 Å². The number of nitrogen functional groups attached to an aromatic ring is 1. The lowest BCUT2D eigenvalue weighted by atomic mass is 10.0. The molecule has 1 fully saturated rings. The number of nitrogens with zero attached hydrogens (tertiary/aromatic N) is 1. The number of piperidine rings is 1. The topological polar surface area (TPSA) is 101 Å². The summed E-state index contributed by atoms with van der Waals surface area (Å²) in [6, 6.07) is 5.14. The summed E-state index contributed by atoms with van der Waals surface area (Å²) in [5, 5.41) is 8.42. The first-order valence-corrected chi connectivity index (χ1v) is 8.29. The van der Waals surface area contributed by atoms with Crippen LogP contribution in [-0.4, -0.2) is 39.5 Å². The molecule has 1 aromatic rings. The van der Waals surface area contributed by atoms with Crippen molar-refractivity contribution in [1.82, 2.24) is 4.90 Å². The van der Waals surface area contributed by atoms with E-state index in [0.29, 0.717) is 24.0 Å². The van der Waals surface area contributed by atoms with Crippen LogP contribution < -0.4 is 16.2 Å². The van der Waals surface area contributed by atoms with E-state index in [2.05, 4.69) is 17.3 Å². The Bertz CT molecular complexity index is 574. The first-order valence-electron chi connectivity index (χ1n) is 6.74. The SMILES string of the molecule is CN1CCCCC1CNc1ccc(N)cc1S(N)(=O)=O. The third-order valence-electron chi connectivity index (χ3n) is 3.76. The van der Waals surface area contributed by atoms with Gasteiger partial charge in [-0.25, -0.2) is 13.6 Å². The van der Waals surface area contributed by atoms with Crippen LogP contribution in [0.1, 0.15) is 19.3 Å². The number of likely N-dealkylation sites (tertiary alicyclic amines) is 1. The molecule has 1 saturated heterocycles. The molecule has 7 heteroatoms. The minimum atomic E-state index is -3.78. The van der Waals surface area contributed by atoms with Gasteiger partial charge in [0.05, 0.1) is 5.69 Å². The van der Waals surface area contributed by atoms with Crippen LogP contribution in [0.2, 0.25) is 0 Å². The van der Waals surface area contributed by atoms with E-state index in [1.807, 2.05) is 0 Å².